The van der Waals surface area contributed by atoms with E-state index in [1.807, 2.05) is 0 Å². The standard InChI is InChI=1S/C17H33N3O.2ClH/c1-14-8-7-9-16(12-14,20(2)3)13-19-15(21)17(18)10-5-4-6-11-17;;/h14H,4-13,18H2,1-3H3,(H,19,21);2*1H. The highest BCUT2D eigenvalue weighted by atomic mass is 35.5. The zero-order valence-corrected chi connectivity index (χ0v) is 16.5. The third-order valence-electron chi connectivity index (χ3n) is 5.79. The molecule has 0 spiro atoms. The Balaban J connectivity index is 0.00000242. The third kappa shape index (κ3) is 5.48. The van der Waals surface area contributed by atoms with Gasteiger partial charge in [0.05, 0.1) is 5.54 Å². The van der Waals surface area contributed by atoms with Gasteiger partial charge in [-0.1, -0.05) is 39.0 Å². The minimum atomic E-state index is -0.619. The van der Waals surface area contributed by atoms with Crippen molar-refractivity contribution in [3.05, 3.63) is 0 Å². The third-order valence-corrected chi connectivity index (χ3v) is 5.79. The first-order chi connectivity index (χ1) is 9.88. The Kier molecular flexibility index (Phi) is 9.44. The predicted octanol–water partition coefficient (Wildman–Crippen LogP) is 3.12. The van der Waals surface area contributed by atoms with Crippen molar-refractivity contribution < 1.29 is 4.79 Å². The fraction of sp³-hybridized carbons (Fsp3) is 0.941. The number of nitrogens with one attached hydrogen (secondary N) is 1. The topological polar surface area (TPSA) is 58.4 Å². The number of rotatable bonds is 4. The summed E-state index contributed by atoms with van der Waals surface area (Å²) in [5.74, 6) is 0.807. The van der Waals surface area contributed by atoms with Gasteiger partial charge in [0, 0.05) is 12.1 Å². The van der Waals surface area contributed by atoms with Crippen LogP contribution in [-0.2, 0) is 4.79 Å². The SMILES string of the molecule is CC1CCCC(CNC(=O)C2(N)CCCCC2)(N(C)C)C1.Cl.Cl. The second kappa shape index (κ2) is 9.45. The molecule has 138 valence electrons. The Morgan fingerprint density at radius 1 is 1.13 bits per heavy atom. The molecule has 3 N–H and O–H groups in total. The maximum atomic E-state index is 12.6. The molecule has 2 atom stereocenters. The number of carbonyl (C=O) groups excluding carboxylic acids is 1. The molecule has 2 fully saturated rings. The van der Waals surface area contributed by atoms with Gasteiger partial charge >= 0.3 is 0 Å². The summed E-state index contributed by atoms with van der Waals surface area (Å²) in [7, 11) is 4.28. The van der Waals surface area contributed by atoms with Crippen LogP contribution in [0.1, 0.15) is 64.7 Å². The molecular formula is C17H35Cl2N3O. The van der Waals surface area contributed by atoms with Gasteiger partial charge < -0.3 is 16.0 Å². The van der Waals surface area contributed by atoms with Crippen molar-refractivity contribution in [2.24, 2.45) is 11.7 Å². The average Bonchev–Trinajstić information content (AvgIpc) is 2.45. The number of amides is 1. The van der Waals surface area contributed by atoms with Gasteiger partial charge in [-0.05, 0) is 45.7 Å². The lowest BCUT2D eigenvalue weighted by Gasteiger charge is -2.46. The van der Waals surface area contributed by atoms with E-state index in [9.17, 15) is 4.79 Å². The van der Waals surface area contributed by atoms with E-state index in [4.69, 9.17) is 5.73 Å². The molecule has 0 aromatic heterocycles. The van der Waals surface area contributed by atoms with Crippen molar-refractivity contribution >= 4 is 30.7 Å². The molecule has 2 aliphatic carbocycles. The molecule has 4 nitrogen and oxygen atoms in total. The molecule has 23 heavy (non-hydrogen) atoms. The molecule has 0 aliphatic heterocycles. The van der Waals surface area contributed by atoms with E-state index < -0.39 is 5.54 Å². The average molecular weight is 368 g/mol. The molecule has 6 heteroatoms. The van der Waals surface area contributed by atoms with Crippen molar-refractivity contribution in [1.82, 2.24) is 10.2 Å². The summed E-state index contributed by atoms with van der Waals surface area (Å²) in [6.07, 6.45) is 9.95. The van der Waals surface area contributed by atoms with E-state index in [0.29, 0.717) is 0 Å². The molecule has 2 unspecified atom stereocenters. The van der Waals surface area contributed by atoms with Gasteiger partial charge in [0.2, 0.25) is 5.91 Å². The Morgan fingerprint density at radius 3 is 2.26 bits per heavy atom. The minimum Gasteiger partial charge on any atom is -0.353 e. The molecule has 0 bridgehead atoms. The van der Waals surface area contributed by atoms with E-state index in [2.05, 4.69) is 31.2 Å². The van der Waals surface area contributed by atoms with Crippen LogP contribution < -0.4 is 11.1 Å². The first kappa shape index (κ1) is 23.0. The molecule has 2 aliphatic rings. The molecule has 0 aromatic carbocycles. The molecule has 1 amide bonds. The molecule has 0 radical (unpaired) electrons. The molecule has 2 rings (SSSR count). The lowest BCUT2D eigenvalue weighted by atomic mass is 9.75. The van der Waals surface area contributed by atoms with Crippen molar-refractivity contribution in [1.29, 1.82) is 0 Å². The van der Waals surface area contributed by atoms with Gasteiger partial charge in [0.1, 0.15) is 0 Å². The van der Waals surface area contributed by atoms with E-state index in [1.165, 1.54) is 25.7 Å². The van der Waals surface area contributed by atoms with Gasteiger partial charge in [-0.25, -0.2) is 0 Å². The zero-order valence-electron chi connectivity index (χ0n) is 14.9. The van der Waals surface area contributed by atoms with Crippen LogP contribution in [0, 0.1) is 5.92 Å². The van der Waals surface area contributed by atoms with Crippen molar-refractivity contribution in [3.63, 3.8) is 0 Å². The summed E-state index contributed by atoms with van der Waals surface area (Å²) in [5.41, 5.74) is 5.83. The summed E-state index contributed by atoms with van der Waals surface area (Å²) in [5, 5.41) is 3.20. The van der Waals surface area contributed by atoms with Crippen molar-refractivity contribution in [3.8, 4) is 0 Å². The highest BCUT2D eigenvalue weighted by Crippen LogP contribution is 2.35. The zero-order chi connectivity index (χ0) is 15.5. The first-order valence-electron chi connectivity index (χ1n) is 8.63. The fourth-order valence-corrected chi connectivity index (χ4v) is 4.19. The molecule has 2 saturated carbocycles. The van der Waals surface area contributed by atoms with Gasteiger partial charge in [0.25, 0.3) is 0 Å². The highest BCUT2D eigenvalue weighted by molar-refractivity contribution is 5.86. The van der Waals surface area contributed by atoms with E-state index in [-0.39, 0.29) is 36.3 Å². The summed E-state index contributed by atoms with van der Waals surface area (Å²) in [4.78, 5) is 14.9. The number of halogens is 2. The molecular weight excluding hydrogens is 333 g/mol. The lowest BCUT2D eigenvalue weighted by molar-refractivity contribution is -0.128. The summed E-state index contributed by atoms with van der Waals surface area (Å²) in [6.45, 7) is 3.06. The first-order valence-corrected chi connectivity index (χ1v) is 8.63. The van der Waals surface area contributed by atoms with Crippen LogP contribution in [0.3, 0.4) is 0 Å². The number of hydrogen-bond donors (Lipinski definition) is 2. The van der Waals surface area contributed by atoms with Crippen LogP contribution in [-0.4, -0.2) is 42.5 Å². The number of carbonyl (C=O) groups is 1. The van der Waals surface area contributed by atoms with Crippen molar-refractivity contribution in [2.45, 2.75) is 75.8 Å². The molecule has 0 saturated heterocycles. The second-order valence-electron chi connectivity index (χ2n) is 7.72. The fourth-order valence-electron chi connectivity index (χ4n) is 4.19. The van der Waals surface area contributed by atoms with Crippen molar-refractivity contribution in [2.75, 3.05) is 20.6 Å². The van der Waals surface area contributed by atoms with E-state index in [1.54, 1.807) is 0 Å². The highest BCUT2D eigenvalue weighted by Gasteiger charge is 2.40. The van der Waals surface area contributed by atoms with Crippen LogP contribution in [0.4, 0.5) is 0 Å². The number of hydrogen-bond acceptors (Lipinski definition) is 3. The Labute approximate surface area is 154 Å². The van der Waals surface area contributed by atoms with Gasteiger partial charge in [-0.15, -0.1) is 24.8 Å². The Morgan fingerprint density at radius 2 is 1.74 bits per heavy atom. The van der Waals surface area contributed by atoms with Crippen LogP contribution in [0.2, 0.25) is 0 Å². The monoisotopic (exact) mass is 367 g/mol. The normalized spacial score (nSPS) is 30.0. The Bertz CT molecular complexity index is 373. The van der Waals surface area contributed by atoms with Gasteiger partial charge in [-0.3, -0.25) is 4.79 Å². The Hall–Kier alpha value is -0.0300. The van der Waals surface area contributed by atoms with Crippen LogP contribution in [0.5, 0.6) is 0 Å². The number of nitrogens with zero attached hydrogens (tertiary/aromatic N) is 1. The summed E-state index contributed by atoms with van der Waals surface area (Å²) >= 11 is 0. The van der Waals surface area contributed by atoms with Crippen LogP contribution in [0.15, 0.2) is 0 Å². The van der Waals surface area contributed by atoms with Gasteiger partial charge in [0.15, 0.2) is 0 Å². The minimum absolute atomic E-state index is 0. The maximum absolute atomic E-state index is 12.6. The summed E-state index contributed by atoms with van der Waals surface area (Å²) < 4.78 is 0. The number of nitrogens with two attached hydrogens (primary N) is 1. The van der Waals surface area contributed by atoms with E-state index in [0.717, 1.165) is 44.6 Å². The largest absolute Gasteiger partial charge is 0.353 e. The maximum Gasteiger partial charge on any atom is 0.240 e. The number of likely N-dealkylation sites (N-methyl/N-ethyl adjacent to an activating group) is 1. The van der Waals surface area contributed by atoms with Gasteiger partial charge in [-0.2, -0.15) is 0 Å². The molecule has 0 aromatic rings. The van der Waals surface area contributed by atoms with Crippen LogP contribution in [0.25, 0.3) is 0 Å². The summed E-state index contributed by atoms with van der Waals surface area (Å²) in [6, 6.07) is 0. The second-order valence-corrected chi connectivity index (χ2v) is 7.72. The lowest BCUT2D eigenvalue weighted by Crippen LogP contribution is -2.60. The quantitative estimate of drug-likeness (QED) is 0.802. The smallest absolute Gasteiger partial charge is 0.240 e. The molecule has 0 heterocycles. The van der Waals surface area contributed by atoms with E-state index >= 15 is 0 Å². The predicted molar refractivity (Wildman–Crippen MR) is 102 cm³/mol. The van der Waals surface area contributed by atoms with Crippen LogP contribution >= 0.6 is 24.8 Å².